The fourth-order valence-electron chi connectivity index (χ4n) is 1.48. The minimum Gasteiger partial charge on any atom is -0.379 e. The van der Waals surface area contributed by atoms with Gasteiger partial charge in [-0.05, 0) is 13.0 Å². The molecule has 0 bridgehead atoms. The fraction of sp³-hybridized carbons (Fsp3) is 0.900. The molecule has 2 amide bonds. The first kappa shape index (κ1) is 12.3. The summed E-state index contributed by atoms with van der Waals surface area (Å²) < 4.78 is 5.26. The van der Waals surface area contributed by atoms with Gasteiger partial charge in [0.1, 0.15) is 0 Å². The van der Waals surface area contributed by atoms with Gasteiger partial charge in [-0.1, -0.05) is 0 Å². The quantitative estimate of drug-likeness (QED) is 0.670. The zero-order valence-corrected chi connectivity index (χ0v) is 9.66. The number of hydrogen-bond acceptors (Lipinski definition) is 3. The average Bonchev–Trinajstić information content (AvgIpc) is 2.25. The van der Waals surface area contributed by atoms with Gasteiger partial charge in [0.25, 0.3) is 0 Å². The predicted octanol–water partition coefficient (Wildman–Crippen LogP) is -0.0201. The van der Waals surface area contributed by atoms with Crippen LogP contribution in [0.2, 0.25) is 0 Å². The first-order chi connectivity index (χ1) is 7.20. The molecule has 0 aromatic heterocycles. The van der Waals surface area contributed by atoms with E-state index in [-0.39, 0.29) is 6.03 Å². The average molecular weight is 215 g/mol. The molecule has 5 nitrogen and oxygen atoms in total. The molecule has 15 heavy (non-hydrogen) atoms. The smallest absolute Gasteiger partial charge is 0.316 e. The number of carbonyl (C=O) groups is 1. The number of rotatable bonds is 4. The van der Waals surface area contributed by atoms with Crippen molar-refractivity contribution in [2.75, 3.05) is 53.5 Å². The van der Waals surface area contributed by atoms with Gasteiger partial charge in [0, 0.05) is 33.7 Å². The molecule has 0 saturated carbocycles. The van der Waals surface area contributed by atoms with Crippen LogP contribution in [0.15, 0.2) is 0 Å². The van der Waals surface area contributed by atoms with E-state index in [2.05, 4.69) is 10.2 Å². The highest BCUT2D eigenvalue weighted by atomic mass is 16.5. The number of morpholine rings is 1. The summed E-state index contributed by atoms with van der Waals surface area (Å²) in [4.78, 5) is 15.1. The third kappa shape index (κ3) is 4.99. The van der Waals surface area contributed by atoms with Crippen LogP contribution in [0.25, 0.3) is 0 Å². The van der Waals surface area contributed by atoms with E-state index in [1.54, 1.807) is 19.0 Å². The minimum atomic E-state index is -0.0167. The first-order valence-electron chi connectivity index (χ1n) is 5.45. The zero-order chi connectivity index (χ0) is 11.1. The minimum absolute atomic E-state index is 0.0167. The standard InChI is InChI=1S/C10H21N3O2/c1-12(2)10(14)11-4-3-5-13-6-8-15-9-7-13/h3-9H2,1-2H3,(H,11,14). The van der Waals surface area contributed by atoms with Gasteiger partial charge in [-0.3, -0.25) is 4.90 Å². The molecule has 0 aliphatic carbocycles. The monoisotopic (exact) mass is 215 g/mol. The van der Waals surface area contributed by atoms with E-state index < -0.39 is 0 Å². The van der Waals surface area contributed by atoms with E-state index >= 15 is 0 Å². The predicted molar refractivity (Wildman–Crippen MR) is 59.0 cm³/mol. The summed E-state index contributed by atoms with van der Waals surface area (Å²) in [5.74, 6) is 0. The molecule has 0 spiro atoms. The lowest BCUT2D eigenvalue weighted by molar-refractivity contribution is 0.0375. The summed E-state index contributed by atoms with van der Waals surface area (Å²) in [6.45, 7) is 5.49. The molecule has 1 rings (SSSR count). The molecule has 1 aliphatic heterocycles. The van der Waals surface area contributed by atoms with Gasteiger partial charge in [0.15, 0.2) is 0 Å². The molecule has 0 aromatic carbocycles. The third-order valence-corrected chi connectivity index (χ3v) is 2.44. The molecule has 88 valence electrons. The summed E-state index contributed by atoms with van der Waals surface area (Å²) in [5.41, 5.74) is 0. The van der Waals surface area contributed by atoms with E-state index in [4.69, 9.17) is 4.74 Å². The molecule has 1 N–H and O–H groups in total. The van der Waals surface area contributed by atoms with Crippen LogP contribution in [0.1, 0.15) is 6.42 Å². The van der Waals surface area contributed by atoms with E-state index in [1.165, 1.54) is 0 Å². The Balaban J connectivity index is 1.98. The lowest BCUT2D eigenvalue weighted by Crippen LogP contribution is -2.39. The van der Waals surface area contributed by atoms with Gasteiger partial charge in [0.05, 0.1) is 13.2 Å². The van der Waals surface area contributed by atoms with Crippen molar-refractivity contribution in [1.29, 1.82) is 0 Å². The SMILES string of the molecule is CN(C)C(=O)NCCCN1CCOCC1. The van der Waals surface area contributed by atoms with Crippen LogP contribution in [0.5, 0.6) is 0 Å². The van der Waals surface area contributed by atoms with Crippen LogP contribution in [-0.2, 0) is 4.74 Å². The highest BCUT2D eigenvalue weighted by molar-refractivity contribution is 5.73. The van der Waals surface area contributed by atoms with Crippen molar-refractivity contribution in [2.45, 2.75) is 6.42 Å². The Morgan fingerprint density at radius 2 is 2.07 bits per heavy atom. The third-order valence-electron chi connectivity index (χ3n) is 2.44. The van der Waals surface area contributed by atoms with E-state index in [0.717, 1.165) is 45.8 Å². The second-order valence-corrected chi connectivity index (χ2v) is 3.93. The van der Waals surface area contributed by atoms with Crippen LogP contribution in [0.4, 0.5) is 4.79 Å². The van der Waals surface area contributed by atoms with Gasteiger partial charge < -0.3 is 15.0 Å². The largest absolute Gasteiger partial charge is 0.379 e. The number of hydrogen-bond donors (Lipinski definition) is 1. The molecule has 0 aromatic rings. The second-order valence-electron chi connectivity index (χ2n) is 3.93. The molecular formula is C10H21N3O2. The number of ether oxygens (including phenoxy) is 1. The number of amides is 2. The molecule has 1 aliphatic rings. The zero-order valence-electron chi connectivity index (χ0n) is 9.66. The summed E-state index contributed by atoms with van der Waals surface area (Å²) in [5, 5.41) is 2.85. The normalized spacial score (nSPS) is 17.5. The van der Waals surface area contributed by atoms with Crippen molar-refractivity contribution >= 4 is 6.03 Å². The Morgan fingerprint density at radius 1 is 1.40 bits per heavy atom. The van der Waals surface area contributed by atoms with Crippen LogP contribution >= 0.6 is 0 Å². The fourth-order valence-corrected chi connectivity index (χ4v) is 1.48. The molecule has 0 radical (unpaired) electrons. The van der Waals surface area contributed by atoms with Crippen molar-refractivity contribution in [3.63, 3.8) is 0 Å². The van der Waals surface area contributed by atoms with Gasteiger partial charge >= 0.3 is 6.03 Å². The van der Waals surface area contributed by atoms with Crippen molar-refractivity contribution in [3.8, 4) is 0 Å². The molecular weight excluding hydrogens is 194 g/mol. The molecule has 1 saturated heterocycles. The van der Waals surface area contributed by atoms with Gasteiger partial charge in [0.2, 0.25) is 0 Å². The van der Waals surface area contributed by atoms with Crippen molar-refractivity contribution in [2.24, 2.45) is 0 Å². The summed E-state index contributed by atoms with van der Waals surface area (Å²) in [6, 6.07) is -0.0167. The Kier molecular flexibility index (Phi) is 5.42. The lowest BCUT2D eigenvalue weighted by atomic mass is 10.3. The van der Waals surface area contributed by atoms with E-state index in [1.807, 2.05) is 0 Å². The number of nitrogens with one attached hydrogen (secondary N) is 1. The van der Waals surface area contributed by atoms with E-state index in [9.17, 15) is 4.79 Å². The van der Waals surface area contributed by atoms with Crippen molar-refractivity contribution < 1.29 is 9.53 Å². The Morgan fingerprint density at radius 3 is 2.67 bits per heavy atom. The van der Waals surface area contributed by atoms with E-state index in [0.29, 0.717) is 0 Å². The Labute approximate surface area is 91.4 Å². The first-order valence-corrected chi connectivity index (χ1v) is 5.45. The lowest BCUT2D eigenvalue weighted by Gasteiger charge is -2.26. The summed E-state index contributed by atoms with van der Waals surface area (Å²) in [6.07, 6.45) is 1.000. The van der Waals surface area contributed by atoms with Gasteiger partial charge in [-0.15, -0.1) is 0 Å². The second kappa shape index (κ2) is 6.63. The maximum Gasteiger partial charge on any atom is 0.316 e. The van der Waals surface area contributed by atoms with Crippen LogP contribution in [-0.4, -0.2) is 69.3 Å². The molecule has 0 atom stereocenters. The highest BCUT2D eigenvalue weighted by Gasteiger charge is 2.09. The number of carbonyl (C=O) groups excluding carboxylic acids is 1. The Bertz CT molecular complexity index is 191. The maximum atomic E-state index is 11.2. The van der Waals surface area contributed by atoms with Crippen molar-refractivity contribution in [1.82, 2.24) is 15.1 Å². The van der Waals surface area contributed by atoms with Gasteiger partial charge in [-0.2, -0.15) is 0 Å². The van der Waals surface area contributed by atoms with Gasteiger partial charge in [-0.25, -0.2) is 4.79 Å². The summed E-state index contributed by atoms with van der Waals surface area (Å²) in [7, 11) is 3.49. The topological polar surface area (TPSA) is 44.8 Å². The Hall–Kier alpha value is -0.810. The number of nitrogens with zero attached hydrogens (tertiary/aromatic N) is 2. The van der Waals surface area contributed by atoms with Crippen LogP contribution < -0.4 is 5.32 Å². The number of urea groups is 1. The summed E-state index contributed by atoms with van der Waals surface area (Å²) >= 11 is 0. The van der Waals surface area contributed by atoms with Crippen LogP contribution in [0.3, 0.4) is 0 Å². The molecule has 5 heteroatoms. The molecule has 0 unspecified atom stereocenters. The molecule has 1 heterocycles. The molecule has 1 fully saturated rings. The maximum absolute atomic E-state index is 11.2. The van der Waals surface area contributed by atoms with Crippen LogP contribution in [0, 0.1) is 0 Å². The van der Waals surface area contributed by atoms with Crippen molar-refractivity contribution in [3.05, 3.63) is 0 Å². The highest BCUT2D eigenvalue weighted by Crippen LogP contribution is 1.97.